The summed E-state index contributed by atoms with van der Waals surface area (Å²) in [4.78, 5) is 9.92. The van der Waals surface area contributed by atoms with Gasteiger partial charge in [0.25, 0.3) is 0 Å². The van der Waals surface area contributed by atoms with Crippen molar-refractivity contribution in [3.8, 4) is 5.75 Å². The zero-order valence-corrected chi connectivity index (χ0v) is 9.65. The highest BCUT2D eigenvalue weighted by Crippen LogP contribution is 2.29. The second-order valence-electron chi connectivity index (χ2n) is 3.00. The molecule has 0 atom stereocenters. The van der Waals surface area contributed by atoms with E-state index < -0.39 is 16.4 Å². The molecule has 94 valence electrons. The first-order chi connectivity index (χ1) is 8.16. The minimum absolute atomic E-state index is 0.0265. The van der Waals surface area contributed by atoms with Gasteiger partial charge in [0.2, 0.25) is 5.75 Å². The van der Waals surface area contributed by atoms with E-state index in [0.717, 1.165) is 6.07 Å². The number of para-hydroxylation sites is 1. The van der Waals surface area contributed by atoms with Crippen LogP contribution >= 0.6 is 11.6 Å². The monoisotopic (exact) mass is 263 g/mol. The number of hydrogen-bond donors (Lipinski definition) is 0. The molecule has 1 rings (SSSR count). The molecule has 17 heavy (non-hydrogen) atoms. The molecule has 0 aliphatic carbocycles. The fraction of sp³-hybridized carbons (Fsp3) is 0.400. The average molecular weight is 264 g/mol. The van der Waals surface area contributed by atoms with Crippen molar-refractivity contribution in [1.82, 2.24) is 0 Å². The standard InChI is InChI=1S/C10H11ClFNO4/c11-4-5-16-6-7-17-10-8(12)2-1-3-9(10)13(14)15/h1-3H,4-7H2. The maximum atomic E-state index is 13.3. The summed E-state index contributed by atoms with van der Waals surface area (Å²) in [6.45, 7) is 0.571. The van der Waals surface area contributed by atoms with E-state index in [0.29, 0.717) is 12.5 Å². The number of hydrogen-bond acceptors (Lipinski definition) is 4. The minimum atomic E-state index is -0.767. The van der Waals surface area contributed by atoms with Gasteiger partial charge in [-0.2, -0.15) is 0 Å². The van der Waals surface area contributed by atoms with E-state index in [1.165, 1.54) is 12.1 Å². The van der Waals surface area contributed by atoms with E-state index in [2.05, 4.69) is 0 Å². The minimum Gasteiger partial charge on any atom is -0.482 e. The normalized spacial score (nSPS) is 10.2. The van der Waals surface area contributed by atoms with E-state index in [9.17, 15) is 14.5 Å². The molecule has 0 aliphatic heterocycles. The topological polar surface area (TPSA) is 61.6 Å². The Kier molecular flexibility index (Phi) is 5.65. The highest BCUT2D eigenvalue weighted by Gasteiger charge is 2.18. The van der Waals surface area contributed by atoms with Crippen LogP contribution in [-0.4, -0.2) is 30.6 Å². The molecule has 0 heterocycles. The smallest absolute Gasteiger partial charge is 0.314 e. The summed E-state index contributed by atoms with van der Waals surface area (Å²) in [6.07, 6.45) is 0. The molecule has 1 aromatic carbocycles. The predicted molar refractivity (Wildman–Crippen MR) is 60.1 cm³/mol. The first kappa shape index (κ1) is 13.7. The fourth-order valence-corrected chi connectivity index (χ4v) is 1.25. The molecule has 0 N–H and O–H groups in total. The second-order valence-corrected chi connectivity index (χ2v) is 3.37. The lowest BCUT2D eigenvalue weighted by molar-refractivity contribution is -0.386. The number of benzene rings is 1. The Morgan fingerprint density at radius 2 is 2.12 bits per heavy atom. The number of alkyl halides is 1. The van der Waals surface area contributed by atoms with Crippen LogP contribution in [0.4, 0.5) is 10.1 Å². The zero-order valence-electron chi connectivity index (χ0n) is 8.90. The van der Waals surface area contributed by atoms with Crippen LogP contribution in [0.5, 0.6) is 5.75 Å². The number of ether oxygens (including phenoxy) is 2. The lowest BCUT2D eigenvalue weighted by Gasteiger charge is -2.07. The van der Waals surface area contributed by atoms with Crippen molar-refractivity contribution in [3.63, 3.8) is 0 Å². The third-order valence-corrected chi connectivity index (χ3v) is 1.99. The molecule has 1 aromatic rings. The largest absolute Gasteiger partial charge is 0.482 e. The molecule has 0 radical (unpaired) electrons. The summed E-state index contributed by atoms with van der Waals surface area (Å²) in [5.41, 5.74) is -0.401. The molecule has 0 bridgehead atoms. The maximum Gasteiger partial charge on any atom is 0.314 e. The molecule has 0 aromatic heterocycles. The third kappa shape index (κ3) is 4.16. The highest BCUT2D eigenvalue weighted by molar-refractivity contribution is 6.17. The number of halogens is 2. The van der Waals surface area contributed by atoms with E-state index in [-0.39, 0.29) is 19.0 Å². The Labute approximate surface area is 102 Å². The zero-order chi connectivity index (χ0) is 12.7. The van der Waals surface area contributed by atoms with Gasteiger partial charge in [-0.05, 0) is 6.07 Å². The van der Waals surface area contributed by atoms with Crippen molar-refractivity contribution >= 4 is 17.3 Å². The van der Waals surface area contributed by atoms with Gasteiger partial charge < -0.3 is 9.47 Å². The number of nitrogens with zero attached hydrogens (tertiary/aromatic N) is 1. The van der Waals surface area contributed by atoms with Crippen molar-refractivity contribution in [2.24, 2.45) is 0 Å². The number of nitro groups is 1. The summed E-state index contributed by atoms with van der Waals surface area (Å²) >= 11 is 5.37. The summed E-state index contributed by atoms with van der Waals surface area (Å²) in [5.74, 6) is -0.789. The van der Waals surface area contributed by atoms with Crippen LogP contribution in [0.3, 0.4) is 0 Å². The SMILES string of the molecule is O=[N+]([O-])c1cccc(F)c1OCCOCCCl. The van der Waals surface area contributed by atoms with Crippen LogP contribution in [0.1, 0.15) is 0 Å². The van der Waals surface area contributed by atoms with Gasteiger partial charge in [-0.25, -0.2) is 4.39 Å². The Morgan fingerprint density at radius 1 is 1.35 bits per heavy atom. The summed E-state index contributed by atoms with van der Waals surface area (Å²) in [5, 5.41) is 10.6. The molecule has 0 aliphatic rings. The van der Waals surface area contributed by atoms with E-state index in [1.807, 2.05) is 0 Å². The Hall–Kier alpha value is -1.40. The van der Waals surface area contributed by atoms with Gasteiger partial charge in [0.1, 0.15) is 6.61 Å². The first-order valence-electron chi connectivity index (χ1n) is 4.86. The lowest BCUT2D eigenvalue weighted by Crippen LogP contribution is -2.09. The van der Waals surface area contributed by atoms with E-state index >= 15 is 0 Å². The molecule has 0 amide bonds. The Bertz CT molecular complexity index is 389. The highest BCUT2D eigenvalue weighted by atomic mass is 35.5. The molecule has 0 saturated carbocycles. The average Bonchev–Trinajstić information content (AvgIpc) is 2.30. The molecule has 7 heteroatoms. The molecule has 0 saturated heterocycles. The lowest BCUT2D eigenvalue weighted by atomic mass is 10.3. The first-order valence-corrected chi connectivity index (χ1v) is 5.39. The van der Waals surface area contributed by atoms with E-state index in [4.69, 9.17) is 21.1 Å². The van der Waals surface area contributed by atoms with Crippen LogP contribution in [0.25, 0.3) is 0 Å². The van der Waals surface area contributed by atoms with Crippen molar-refractivity contribution in [2.75, 3.05) is 25.7 Å². The van der Waals surface area contributed by atoms with Gasteiger partial charge in [-0.3, -0.25) is 10.1 Å². The Balaban J connectivity index is 2.60. The van der Waals surface area contributed by atoms with Crippen LogP contribution in [0, 0.1) is 15.9 Å². The summed E-state index contributed by atoms with van der Waals surface area (Å²) in [7, 11) is 0. The van der Waals surface area contributed by atoms with Crippen LogP contribution < -0.4 is 4.74 Å². The third-order valence-electron chi connectivity index (χ3n) is 1.84. The van der Waals surface area contributed by atoms with Gasteiger partial charge in [0, 0.05) is 11.9 Å². The summed E-state index contributed by atoms with van der Waals surface area (Å²) in [6, 6.07) is 3.53. The van der Waals surface area contributed by atoms with Crippen LogP contribution in [0.15, 0.2) is 18.2 Å². The molecule has 0 unspecified atom stereocenters. The van der Waals surface area contributed by atoms with Gasteiger partial charge in [0.15, 0.2) is 5.82 Å². The summed E-state index contributed by atoms with van der Waals surface area (Å²) < 4.78 is 23.3. The molecule has 5 nitrogen and oxygen atoms in total. The predicted octanol–water partition coefficient (Wildman–Crippen LogP) is 2.37. The van der Waals surface area contributed by atoms with Gasteiger partial charge in [-0.15, -0.1) is 11.6 Å². The molecule has 0 spiro atoms. The van der Waals surface area contributed by atoms with Crippen molar-refractivity contribution in [2.45, 2.75) is 0 Å². The molecule has 0 fully saturated rings. The molecular formula is C10H11ClFNO4. The van der Waals surface area contributed by atoms with Crippen molar-refractivity contribution < 1.29 is 18.8 Å². The number of rotatable bonds is 7. The second kappa shape index (κ2) is 7.03. The van der Waals surface area contributed by atoms with Gasteiger partial charge in [-0.1, -0.05) is 6.07 Å². The Morgan fingerprint density at radius 3 is 2.76 bits per heavy atom. The van der Waals surface area contributed by atoms with Gasteiger partial charge in [0.05, 0.1) is 18.1 Å². The van der Waals surface area contributed by atoms with Crippen molar-refractivity contribution in [1.29, 1.82) is 0 Å². The molecular weight excluding hydrogens is 253 g/mol. The van der Waals surface area contributed by atoms with Crippen LogP contribution in [-0.2, 0) is 4.74 Å². The van der Waals surface area contributed by atoms with E-state index in [1.54, 1.807) is 0 Å². The quantitative estimate of drug-likeness (QED) is 0.328. The number of nitro benzene ring substituents is 1. The fourth-order valence-electron chi connectivity index (χ4n) is 1.14. The van der Waals surface area contributed by atoms with Crippen LogP contribution in [0.2, 0.25) is 0 Å². The maximum absolute atomic E-state index is 13.3. The van der Waals surface area contributed by atoms with Gasteiger partial charge >= 0.3 is 5.69 Å². The van der Waals surface area contributed by atoms with Crippen molar-refractivity contribution in [3.05, 3.63) is 34.1 Å².